The lowest BCUT2D eigenvalue weighted by atomic mass is 9.96. The van der Waals surface area contributed by atoms with Crippen molar-refractivity contribution in [3.05, 3.63) is 35.9 Å². The summed E-state index contributed by atoms with van der Waals surface area (Å²) in [4.78, 5) is 79.3. The molecule has 2 aliphatic heterocycles. The van der Waals surface area contributed by atoms with Crippen LogP contribution in [-0.4, -0.2) is 106 Å². The van der Waals surface area contributed by atoms with Crippen LogP contribution in [-0.2, 0) is 35.2 Å². The zero-order chi connectivity index (χ0) is 34.0. The lowest BCUT2D eigenvalue weighted by molar-refractivity contribution is -0.147. The monoisotopic (exact) mass is 644 g/mol. The summed E-state index contributed by atoms with van der Waals surface area (Å²) < 4.78 is 0. The molecule has 254 valence electrons. The zero-order valence-electron chi connectivity index (χ0n) is 27.0. The SMILES string of the molecule is CC[C@H](C)[C@H](NC(=O)[C@@H]1CCCN1)C(=O)N[C@@H](Cc1ccccc1)C(=O)N[C@@H](C)C(=O)N1CCC[C@H]1C(=O)N[C@H](C(=O)O)[C@@H](C)O. The van der Waals surface area contributed by atoms with E-state index in [0.29, 0.717) is 19.3 Å². The van der Waals surface area contributed by atoms with Crippen molar-refractivity contribution >= 4 is 35.5 Å². The van der Waals surface area contributed by atoms with Crippen molar-refractivity contribution in [2.75, 3.05) is 13.1 Å². The fourth-order valence-corrected chi connectivity index (χ4v) is 5.75. The van der Waals surface area contributed by atoms with Crippen molar-refractivity contribution in [2.24, 2.45) is 5.92 Å². The molecule has 0 radical (unpaired) electrons. The van der Waals surface area contributed by atoms with Gasteiger partial charge in [0.1, 0.15) is 24.2 Å². The third kappa shape index (κ3) is 9.73. The Bertz CT molecular complexity index is 1240. The topological polar surface area (TPSA) is 206 Å². The molecule has 0 bridgehead atoms. The number of carbonyl (C=O) groups excluding carboxylic acids is 5. The smallest absolute Gasteiger partial charge is 0.328 e. The average Bonchev–Trinajstić information content (AvgIpc) is 3.74. The normalized spacial score (nSPS) is 21.6. The molecule has 2 heterocycles. The standard InChI is InChI=1S/C32H48N6O8/c1-5-18(2)25(36-27(40)22-13-9-15-33-22)30(43)35-23(17-21-11-7-6-8-12-21)28(41)34-19(3)31(44)38-16-10-14-24(38)29(42)37-26(20(4)39)32(45)46/h6-8,11-12,18-20,22-26,33,39H,5,9-10,13-17H2,1-4H3,(H,34,41)(H,35,43)(H,36,40)(H,37,42)(H,45,46)/t18-,19-,20+,22-,23-,24-,25-,26-/m0/s1. The van der Waals surface area contributed by atoms with Crippen LogP contribution in [0.3, 0.4) is 0 Å². The van der Waals surface area contributed by atoms with E-state index >= 15 is 0 Å². The maximum absolute atomic E-state index is 13.7. The second-order valence-electron chi connectivity index (χ2n) is 12.3. The van der Waals surface area contributed by atoms with Gasteiger partial charge in [-0.1, -0.05) is 50.6 Å². The number of benzene rings is 1. The molecular formula is C32H48N6O8. The van der Waals surface area contributed by atoms with Gasteiger partial charge in [-0.25, -0.2) is 4.79 Å². The fourth-order valence-electron chi connectivity index (χ4n) is 5.75. The van der Waals surface area contributed by atoms with Crippen molar-refractivity contribution in [1.29, 1.82) is 0 Å². The van der Waals surface area contributed by atoms with Crippen LogP contribution in [0.4, 0.5) is 0 Å². The molecule has 2 fully saturated rings. The fraction of sp³-hybridized carbons (Fsp3) is 0.625. The number of carboxylic acid groups (broad SMARTS) is 1. The van der Waals surface area contributed by atoms with Gasteiger partial charge in [-0.2, -0.15) is 0 Å². The highest BCUT2D eigenvalue weighted by Gasteiger charge is 2.39. The van der Waals surface area contributed by atoms with E-state index in [0.717, 1.165) is 18.5 Å². The van der Waals surface area contributed by atoms with E-state index in [2.05, 4.69) is 26.6 Å². The summed E-state index contributed by atoms with van der Waals surface area (Å²) in [5.74, 6) is -4.29. The van der Waals surface area contributed by atoms with E-state index in [1.807, 2.05) is 32.0 Å². The number of carbonyl (C=O) groups is 6. The molecule has 0 unspecified atom stereocenters. The number of aliphatic hydroxyl groups is 1. The Hall–Kier alpha value is -4.04. The molecule has 0 aromatic heterocycles. The molecule has 5 amide bonds. The highest BCUT2D eigenvalue weighted by Crippen LogP contribution is 2.19. The number of carboxylic acids is 1. The number of aliphatic hydroxyl groups excluding tert-OH is 1. The minimum atomic E-state index is -1.54. The molecule has 1 aromatic rings. The molecule has 8 atom stereocenters. The number of amides is 5. The molecule has 2 aliphatic rings. The van der Waals surface area contributed by atoms with Gasteiger partial charge in [0.2, 0.25) is 29.5 Å². The average molecular weight is 645 g/mol. The highest BCUT2D eigenvalue weighted by molar-refractivity contribution is 5.96. The molecular weight excluding hydrogens is 596 g/mol. The molecule has 3 rings (SSSR count). The van der Waals surface area contributed by atoms with Crippen molar-refractivity contribution in [3.8, 4) is 0 Å². The first-order chi connectivity index (χ1) is 21.8. The van der Waals surface area contributed by atoms with E-state index in [1.165, 1.54) is 18.7 Å². The first-order valence-electron chi connectivity index (χ1n) is 16.0. The third-order valence-electron chi connectivity index (χ3n) is 8.70. The Morgan fingerprint density at radius 2 is 1.57 bits per heavy atom. The van der Waals surface area contributed by atoms with Gasteiger partial charge < -0.3 is 41.7 Å². The molecule has 1 aromatic carbocycles. The van der Waals surface area contributed by atoms with Crippen LogP contribution in [0, 0.1) is 5.92 Å². The summed E-state index contributed by atoms with van der Waals surface area (Å²) in [7, 11) is 0. The Labute approximate surface area is 269 Å². The third-order valence-corrected chi connectivity index (χ3v) is 8.70. The van der Waals surface area contributed by atoms with Gasteiger partial charge in [-0.3, -0.25) is 24.0 Å². The van der Waals surface area contributed by atoms with Crippen LogP contribution < -0.4 is 26.6 Å². The minimum Gasteiger partial charge on any atom is -0.480 e. The summed E-state index contributed by atoms with van der Waals surface area (Å²) in [6.07, 6.45) is 1.68. The number of hydrogen-bond donors (Lipinski definition) is 7. The Balaban J connectivity index is 1.73. The van der Waals surface area contributed by atoms with Gasteiger partial charge in [-0.15, -0.1) is 0 Å². The summed E-state index contributed by atoms with van der Waals surface area (Å²) in [5, 5.41) is 32.8. The van der Waals surface area contributed by atoms with Crippen LogP contribution >= 0.6 is 0 Å². The van der Waals surface area contributed by atoms with Crippen molar-refractivity contribution < 1.29 is 39.0 Å². The van der Waals surface area contributed by atoms with Gasteiger partial charge in [0.05, 0.1) is 12.1 Å². The lowest BCUT2D eigenvalue weighted by Gasteiger charge is -2.30. The quantitative estimate of drug-likeness (QED) is 0.131. The van der Waals surface area contributed by atoms with Crippen LogP contribution in [0.15, 0.2) is 30.3 Å². The van der Waals surface area contributed by atoms with Gasteiger partial charge in [-0.05, 0) is 57.6 Å². The molecule has 46 heavy (non-hydrogen) atoms. The molecule has 14 nitrogen and oxygen atoms in total. The number of likely N-dealkylation sites (tertiary alicyclic amines) is 1. The van der Waals surface area contributed by atoms with Crippen molar-refractivity contribution in [3.63, 3.8) is 0 Å². The Morgan fingerprint density at radius 1 is 0.891 bits per heavy atom. The number of hydrogen-bond acceptors (Lipinski definition) is 8. The molecule has 0 spiro atoms. The van der Waals surface area contributed by atoms with E-state index < -0.39 is 65.9 Å². The number of rotatable bonds is 15. The summed E-state index contributed by atoms with van der Waals surface area (Å²) in [5.41, 5.74) is 0.767. The molecule has 0 aliphatic carbocycles. The van der Waals surface area contributed by atoms with E-state index in [4.69, 9.17) is 0 Å². The highest BCUT2D eigenvalue weighted by atomic mass is 16.4. The van der Waals surface area contributed by atoms with Gasteiger partial charge in [0.15, 0.2) is 6.04 Å². The number of nitrogens with one attached hydrogen (secondary N) is 5. The summed E-state index contributed by atoms with van der Waals surface area (Å²) >= 11 is 0. The number of nitrogens with zero attached hydrogens (tertiary/aromatic N) is 1. The van der Waals surface area contributed by atoms with Crippen LogP contribution in [0.1, 0.15) is 65.4 Å². The lowest BCUT2D eigenvalue weighted by Crippen LogP contribution is -2.60. The van der Waals surface area contributed by atoms with E-state index in [1.54, 1.807) is 12.1 Å². The minimum absolute atomic E-state index is 0.120. The van der Waals surface area contributed by atoms with Gasteiger partial charge in [0.25, 0.3) is 0 Å². The van der Waals surface area contributed by atoms with Crippen molar-refractivity contribution in [1.82, 2.24) is 31.5 Å². The summed E-state index contributed by atoms with van der Waals surface area (Å²) in [6.45, 7) is 7.42. The maximum atomic E-state index is 13.7. The summed E-state index contributed by atoms with van der Waals surface area (Å²) in [6, 6.07) is 3.12. The molecule has 14 heteroatoms. The second kappa shape index (κ2) is 17.0. The first kappa shape index (κ1) is 36.4. The van der Waals surface area contributed by atoms with Crippen LogP contribution in [0.2, 0.25) is 0 Å². The van der Waals surface area contributed by atoms with E-state index in [-0.39, 0.29) is 37.3 Å². The Morgan fingerprint density at radius 3 is 2.15 bits per heavy atom. The van der Waals surface area contributed by atoms with Crippen LogP contribution in [0.5, 0.6) is 0 Å². The molecule has 2 saturated heterocycles. The van der Waals surface area contributed by atoms with Gasteiger partial charge in [0, 0.05) is 13.0 Å². The van der Waals surface area contributed by atoms with Crippen LogP contribution in [0.25, 0.3) is 0 Å². The van der Waals surface area contributed by atoms with Crippen molar-refractivity contribution in [2.45, 2.75) is 109 Å². The molecule has 0 saturated carbocycles. The predicted octanol–water partition coefficient (Wildman–Crippen LogP) is -0.557. The largest absolute Gasteiger partial charge is 0.480 e. The number of aliphatic carboxylic acids is 1. The first-order valence-corrected chi connectivity index (χ1v) is 16.0. The maximum Gasteiger partial charge on any atom is 0.328 e. The predicted molar refractivity (Wildman–Crippen MR) is 168 cm³/mol. The molecule has 7 N–H and O–H groups in total. The zero-order valence-corrected chi connectivity index (χ0v) is 27.0. The van der Waals surface area contributed by atoms with Gasteiger partial charge >= 0.3 is 5.97 Å². The van der Waals surface area contributed by atoms with E-state index in [9.17, 15) is 39.0 Å². The Kier molecular flexibility index (Phi) is 13.5. The second-order valence-corrected chi connectivity index (χ2v) is 12.3.